The zero-order chi connectivity index (χ0) is 26.9. The van der Waals surface area contributed by atoms with Gasteiger partial charge >= 0.3 is 6.43 Å². The molecule has 2 N–H and O–H groups in total. The first kappa shape index (κ1) is 26.3. The monoisotopic (exact) mass is 515 g/mol. The first-order chi connectivity index (χ1) is 17.6. The number of amides is 2. The van der Waals surface area contributed by atoms with Crippen LogP contribution < -0.4 is 15.6 Å². The van der Waals surface area contributed by atoms with E-state index in [0.717, 1.165) is 11.3 Å². The molecule has 1 atom stereocenters. The number of hydrogen-bond acceptors (Lipinski definition) is 5. The topological polar surface area (TPSA) is 109 Å². The summed E-state index contributed by atoms with van der Waals surface area (Å²) >= 11 is 0. The van der Waals surface area contributed by atoms with Crippen LogP contribution in [0.1, 0.15) is 58.6 Å². The molecule has 198 valence electrons. The predicted octanol–water partition coefficient (Wildman–Crippen LogP) is 3.19. The Kier molecular flexibility index (Phi) is 7.60. The molecule has 1 aliphatic rings. The normalized spacial score (nSPS) is 15.3. The summed E-state index contributed by atoms with van der Waals surface area (Å²) in [4.78, 5) is 41.5. The lowest BCUT2D eigenvalue weighted by atomic mass is 9.82. The van der Waals surface area contributed by atoms with Crippen molar-refractivity contribution in [2.24, 2.45) is 5.92 Å². The zero-order valence-corrected chi connectivity index (χ0v) is 21.3. The number of aryl methyl sites for hydroxylation is 1. The quantitative estimate of drug-likeness (QED) is 0.503. The second kappa shape index (κ2) is 10.7. The Hall–Kier alpha value is -3.76. The van der Waals surface area contributed by atoms with Crippen LogP contribution in [0.15, 0.2) is 29.2 Å². The van der Waals surface area contributed by atoms with Gasteiger partial charge in [-0.2, -0.15) is 13.9 Å². The fraction of sp³-hybridized carbons (Fsp3) is 0.462. The molecular formula is C26H31F2N5O4. The molecule has 1 unspecified atom stereocenters. The summed E-state index contributed by atoms with van der Waals surface area (Å²) < 4.78 is 32.7. The number of rotatable bonds is 7. The van der Waals surface area contributed by atoms with Gasteiger partial charge in [0.25, 0.3) is 17.4 Å². The number of carbonyl (C=O) groups is 2. The van der Waals surface area contributed by atoms with Gasteiger partial charge < -0.3 is 19.9 Å². The minimum atomic E-state index is -2.99. The number of H-pyrrole nitrogens is 1. The number of nitrogens with one attached hydrogen (secondary N) is 2. The standard InChI is InChI=1S/C26H31F2N5O4/c1-14-12-20(37-4)18(24(34)31-14)13-29-25(35)21-16(3)22(33-19(21)6-5-9-30-33)15(2)17-7-10-32(11-8-17)26(36)23(27)28/h5-6,9,12,15,17,23H,7-8,10-11,13H2,1-4H3,(H,29,35)(H,31,34). The molecule has 2 amide bonds. The molecule has 11 heteroatoms. The van der Waals surface area contributed by atoms with Crippen LogP contribution in [-0.2, 0) is 11.3 Å². The number of carbonyl (C=O) groups excluding carboxylic acids is 2. The third-order valence-corrected chi connectivity index (χ3v) is 7.27. The summed E-state index contributed by atoms with van der Waals surface area (Å²) in [6.07, 6.45) is -0.190. The third-order valence-electron chi connectivity index (χ3n) is 7.27. The number of aromatic nitrogens is 3. The van der Waals surface area contributed by atoms with Crippen molar-refractivity contribution in [3.8, 4) is 5.75 Å². The van der Waals surface area contributed by atoms with Crippen LogP contribution in [0.2, 0.25) is 0 Å². The molecule has 0 spiro atoms. The highest BCUT2D eigenvalue weighted by Crippen LogP contribution is 2.37. The van der Waals surface area contributed by atoms with E-state index < -0.39 is 12.3 Å². The van der Waals surface area contributed by atoms with Crippen molar-refractivity contribution in [1.29, 1.82) is 0 Å². The maximum absolute atomic E-state index is 13.4. The molecule has 9 nitrogen and oxygen atoms in total. The number of fused-ring (bicyclic) bond motifs is 1. The second-order valence-corrected chi connectivity index (χ2v) is 9.47. The molecule has 1 fully saturated rings. The highest BCUT2D eigenvalue weighted by Gasteiger charge is 2.33. The highest BCUT2D eigenvalue weighted by molar-refractivity contribution is 6.03. The van der Waals surface area contributed by atoms with Crippen LogP contribution in [0.5, 0.6) is 5.75 Å². The van der Waals surface area contributed by atoms with E-state index in [0.29, 0.717) is 40.9 Å². The van der Waals surface area contributed by atoms with Gasteiger partial charge in [0.05, 0.1) is 30.3 Å². The summed E-state index contributed by atoms with van der Waals surface area (Å²) in [7, 11) is 1.47. The van der Waals surface area contributed by atoms with Crippen LogP contribution in [-0.4, -0.2) is 57.9 Å². The van der Waals surface area contributed by atoms with Crippen LogP contribution in [0.4, 0.5) is 8.78 Å². The van der Waals surface area contributed by atoms with E-state index in [-0.39, 0.29) is 42.9 Å². The van der Waals surface area contributed by atoms with Gasteiger partial charge in [0, 0.05) is 36.6 Å². The predicted molar refractivity (Wildman–Crippen MR) is 133 cm³/mol. The van der Waals surface area contributed by atoms with Crippen LogP contribution in [0.25, 0.3) is 5.52 Å². The number of hydrogen-bond donors (Lipinski definition) is 2. The van der Waals surface area contributed by atoms with Gasteiger partial charge in [-0.15, -0.1) is 0 Å². The Labute approximate surface area is 212 Å². The number of methoxy groups -OCH3 is 1. The highest BCUT2D eigenvalue weighted by atomic mass is 19.3. The van der Waals surface area contributed by atoms with E-state index in [4.69, 9.17) is 4.74 Å². The summed E-state index contributed by atoms with van der Waals surface area (Å²) in [5.74, 6) is -0.979. The Morgan fingerprint density at radius 3 is 2.62 bits per heavy atom. The third kappa shape index (κ3) is 5.07. The molecule has 3 aromatic heterocycles. The molecule has 37 heavy (non-hydrogen) atoms. The van der Waals surface area contributed by atoms with Crippen molar-refractivity contribution in [2.45, 2.75) is 52.5 Å². The maximum atomic E-state index is 13.4. The summed E-state index contributed by atoms with van der Waals surface area (Å²) in [6.45, 7) is 6.18. The van der Waals surface area contributed by atoms with E-state index in [1.165, 1.54) is 12.0 Å². The number of halogens is 2. The van der Waals surface area contributed by atoms with E-state index in [1.54, 1.807) is 29.8 Å². The Morgan fingerprint density at radius 1 is 1.27 bits per heavy atom. The summed E-state index contributed by atoms with van der Waals surface area (Å²) in [5, 5.41) is 7.34. The number of aromatic amines is 1. The van der Waals surface area contributed by atoms with Crippen molar-refractivity contribution in [3.63, 3.8) is 0 Å². The van der Waals surface area contributed by atoms with Gasteiger partial charge in [-0.3, -0.25) is 14.4 Å². The molecule has 1 aliphatic heterocycles. The molecule has 3 aromatic rings. The maximum Gasteiger partial charge on any atom is 0.315 e. The average molecular weight is 516 g/mol. The number of alkyl halides is 2. The molecule has 0 saturated carbocycles. The lowest BCUT2D eigenvalue weighted by Gasteiger charge is -2.35. The zero-order valence-electron chi connectivity index (χ0n) is 21.3. The molecule has 0 aromatic carbocycles. The Morgan fingerprint density at radius 2 is 1.97 bits per heavy atom. The van der Waals surface area contributed by atoms with Gasteiger partial charge in [-0.1, -0.05) is 6.92 Å². The molecule has 1 saturated heterocycles. The summed E-state index contributed by atoms with van der Waals surface area (Å²) in [5.41, 5.74) is 3.37. The first-order valence-electron chi connectivity index (χ1n) is 12.2. The van der Waals surface area contributed by atoms with Gasteiger partial charge in [0.1, 0.15) is 5.75 Å². The van der Waals surface area contributed by atoms with Gasteiger partial charge in [0.15, 0.2) is 0 Å². The molecule has 0 aliphatic carbocycles. The van der Waals surface area contributed by atoms with Gasteiger partial charge in [-0.05, 0) is 56.4 Å². The SMILES string of the molecule is COc1cc(C)[nH]c(=O)c1CNC(=O)c1c(C)c(C(C)C2CCN(C(=O)C(F)F)CC2)n2ncccc12. The first-order valence-corrected chi connectivity index (χ1v) is 12.2. The van der Waals surface area contributed by atoms with Gasteiger partial charge in [-0.25, -0.2) is 4.52 Å². The smallest absolute Gasteiger partial charge is 0.315 e. The number of piperidine rings is 1. The van der Waals surface area contributed by atoms with Crippen LogP contribution >= 0.6 is 0 Å². The lowest BCUT2D eigenvalue weighted by Crippen LogP contribution is -2.42. The van der Waals surface area contributed by atoms with E-state index in [9.17, 15) is 23.2 Å². The lowest BCUT2D eigenvalue weighted by molar-refractivity contribution is -0.144. The minimum absolute atomic E-state index is 0.0177. The number of ether oxygens (including phenoxy) is 1. The molecular weight excluding hydrogens is 484 g/mol. The second-order valence-electron chi connectivity index (χ2n) is 9.47. The van der Waals surface area contributed by atoms with Crippen molar-refractivity contribution in [3.05, 3.63) is 62.8 Å². The van der Waals surface area contributed by atoms with Crippen LogP contribution in [0, 0.1) is 19.8 Å². The largest absolute Gasteiger partial charge is 0.496 e. The fourth-order valence-electron chi connectivity index (χ4n) is 5.33. The van der Waals surface area contributed by atoms with Crippen LogP contribution in [0.3, 0.4) is 0 Å². The van der Waals surface area contributed by atoms with Crippen molar-refractivity contribution < 1.29 is 23.1 Å². The molecule has 4 heterocycles. The fourth-order valence-corrected chi connectivity index (χ4v) is 5.33. The minimum Gasteiger partial charge on any atom is -0.496 e. The van der Waals surface area contributed by atoms with Crippen molar-refractivity contribution in [2.75, 3.05) is 20.2 Å². The Bertz CT molecular complexity index is 1380. The summed E-state index contributed by atoms with van der Waals surface area (Å²) in [6, 6.07) is 5.27. The van der Waals surface area contributed by atoms with Crippen molar-refractivity contribution >= 4 is 17.3 Å². The van der Waals surface area contributed by atoms with E-state index >= 15 is 0 Å². The van der Waals surface area contributed by atoms with Crippen molar-refractivity contribution in [1.82, 2.24) is 24.8 Å². The number of likely N-dealkylation sites (tertiary alicyclic amines) is 1. The molecule has 4 rings (SSSR count). The average Bonchev–Trinajstić information content (AvgIpc) is 3.18. The number of nitrogens with zero attached hydrogens (tertiary/aromatic N) is 3. The molecule has 0 radical (unpaired) electrons. The van der Waals surface area contributed by atoms with Gasteiger partial charge in [0.2, 0.25) is 0 Å². The molecule has 0 bridgehead atoms. The van der Waals surface area contributed by atoms with E-state index in [2.05, 4.69) is 15.4 Å². The Balaban J connectivity index is 1.59. The number of pyridine rings is 1. The van der Waals surface area contributed by atoms with E-state index in [1.807, 2.05) is 19.9 Å².